The molecule has 2 N–H and O–H groups in total. The van der Waals surface area contributed by atoms with Gasteiger partial charge in [0.1, 0.15) is 0 Å². The van der Waals surface area contributed by atoms with Crippen LogP contribution >= 0.6 is 11.3 Å². The Labute approximate surface area is 140 Å². The van der Waals surface area contributed by atoms with Crippen molar-refractivity contribution in [3.63, 3.8) is 0 Å². The van der Waals surface area contributed by atoms with Gasteiger partial charge in [-0.15, -0.1) is 11.3 Å². The smallest absolute Gasteiger partial charge is 0.328 e. The van der Waals surface area contributed by atoms with Crippen molar-refractivity contribution in [2.45, 2.75) is 32.1 Å². The lowest BCUT2D eigenvalue weighted by atomic mass is 10.2. The zero-order chi connectivity index (χ0) is 17.0. The van der Waals surface area contributed by atoms with Crippen LogP contribution in [0.25, 0.3) is 0 Å². The second-order valence-corrected chi connectivity index (χ2v) is 8.14. The van der Waals surface area contributed by atoms with Crippen LogP contribution < -0.4 is 10.0 Å². The van der Waals surface area contributed by atoms with Gasteiger partial charge >= 0.3 is 6.03 Å². The van der Waals surface area contributed by atoms with E-state index in [0.717, 1.165) is 21.1 Å². The van der Waals surface area contributed by atoms with Gasteiger partial charge in [-0.3, -0.25) is 0 Å². The Hall–Kier alpha value is -1.93. The fourth-order valence-corrected chi connectivity index (χ4v) is 3.89. The van der Waals surface area contributed by atoms with Crippen molar-refractivity contribution in [3.05, 3.63) is 45.4 Å². The number of rotatable bonds is 5. The molecule has 0 aliphatic heterocycles. The summed E-state index contributed by atoms with van der Waals surface area (Å²) in [7, 11) is -3.85. The van der Waals surface area contributed by atoms with Crippen molar-refractivity contribution in [2.24, 2.45) is 0 Å². The minimum Gasteiger partial charge on any atom is -0.337 e. The third-order valence-corrected chi connectivity index (χ3v) is 5.68. The largest absolute Gasteiger partial charge is 0.337 e. The summed E-state index contributed by atoms with van der Waals surface area (Å²) in [5, 5.41) is 3.53. The number of carbonyl (C=O) groups excluding carboxylic acids is 1. The number of nitrogens with zero attached hydrogens (tertiary/aromatic N) is 1. The van der Waals surface area contributed by atoms with Crippen molar-refractivity contribution in [1.82, 2.24) is 15.0 Å². The number of hydrogen-bond donors (Lipinski definition) is 2. The molecule has 6 nitrogen and oxygen atoms in total. The van der Waals surface area contributed by atoms with Crippen LogP contribution in [0.4, 0.5) is 4.79 Å². The number of urea groups is 1. The van der Waals surface area contributed by atoms with Crippen molar-refractivity contribution >= 4 is 27.4 Å². The lowest BCUT2D eigenvalue weighted by molar-refractivity contribution is 0.246. The first kappa shape index (κ1) is 17.4. The zero-order valence-corrected chi connectivity index (χ0v) is 14.8. The van der Waals surface area contributed by atoms with Crippen LogP contribution in [0.2, 0.25) is 0 Å². The maximum absolute atomic E-state index is 12.1. The molecule has 1 heterocycles. The Morgan fingerprint density at radius 3 is 2.39 bits per heavy atom. The molecule has 0 saturated heterocycles. The summed E-state index contributed by atoms with van der Waals surface area (Å²) in [5.74, 6) is 0. The molecule has 23 heavy (non-hydrogen) atoms. The number of sulfonamides is 1. The second kappa shape index (κ2) is 7.10. The monoisotopic (exact) mass is 353 g/mol. The lowest BCUT2D eigenvalue weighted by Gasteiger charge is -2.08. The molecule has 0 unspecified atom stereocenters. The summed E-state index contributed by atoms with van der Waals surface area (Å²) >= 11 is 1.58. The molecule has 2 amide bonds. The van der Waals surface area contributed by atoms with Crippen molar-refractivity contribution in [3.8, 4) is 0 Å². The van der Waals surface area contributed by atoms with Gasteiger partial charge in [-0.1, -0.05) is 17.7 Å². The lowest BCUT2D eigenvalue weighted by Crippen LogP contribution is -2.40. The standard InChI is InChI=1S/C15H19N3O3S2/c1-10-4-6-13(7-5-10)23(20,21)18-15(19)16-9-8-14-11(2)17-12(3)22-14/h4-7H,8-9H2,1-3H3,(H2,16,18,19). The number of amides is 2. The van der Waals surface area contributed by atoms with Crippen LogP contribution in [0.15, 0.2) is 29.2 Å². The van der Waals surface area contributed by atoms with E-state index >= 15 is 0 Å². The van der Waals surface area contributed by atoms with Crippen molar-refractivity contribution in [1.29, 1.82) is 0 Å². The second-order valence-electron chi connectivity index (χ2n) is 5.17. The normalized spacial score (nSPS) is 11.3. The van der Waals surface area contributed by atoms with Crippen LogP contribution in [-0.2, 0) is 16.4 Å². The number of nitrogens with one attached hydrogen (secondary N) is 2. The number of aryl methyl sites for hydroxylation is 3. The van der Waals surface area contributed by atoms with Crippen molar-refractivity contribution in [2.75, 3.05) is 6.54 Å². The molecule has 0 fully saturated rings. The van der Waals surface area contributed by atoms with Gasteiger partial charge in [-0.2, -0.15) is 0 Å². The molecule has 2 aromatic rings. The molecule has 0 spiro atoms. The average molecular weight is 353 g/mol. The summed E-state index contributed by atoms with van der Waals surface area (Å²) in [4.78, 5) is 17.2. The molecule has 0 atom stereocenters. The molecule has 1 aromatic carbocycles. The Morgan fingerprint density at radius 2 is 1.83 bits per heavy atom. The van der Waals surface area contributed by atoms with E-state index in [-0.39, 0.29) is 4.90 Å². The van der Waals surface area contributed by atoms with E-state index in [1.54, 1.807) is 23.5 Å². The Balaban J connectivity index is 1.89. The maximum Gasteiger partial charge on any atom is 0.328 e. The molecule has 0 aliphatic rings. The van der Waals surface area contributed by atoms with E-state index in [0.29, 0.717) is 13.0 Å². The van der Waals surface area contributed by atoms with Gasteiger partial charge in [0, 0.05) is 17.8 Å². The molecular formula is C15H19N3O3S2. The number of hydrogen-bond acceptors (Lipinski definition) is 5. The summed E-state index contributed by atoms with van der Waals surface area (Å²) in [6.07, 6.45) is 0.620. The van der Waals surface area contributed by atoms with Crippen LogP contribution in [0.5, 0.6) is 0 Å². The quantitative estimate of drug-likeness (QED) is 0.863. The fraction of sp³-hybridized carbons (Fsp3) is 0.333. The third kappa shape index (κ3) is 4.77. The van der Waals surface area contributed by atoms with Gasteiger partial charge in [0.15, 0.2) is 0 Å². The topological polar surface area (TPSA) is 88.2 Å². The SMILES string of the molecule is Cc1ccc(S(=O)(=O)NC(=O)NCCc2sc(C)nc2C)cc1. The third-order valence-electron chi connectivity index (χ3n) is 3.20. The first-order valence-electron chi connectivity index (χ1n) is 7.08. The maximum atomic E-state index is 12.1. The van der Waals surface area contributed by atoms with Gasteiger partial charge < -0.3 is 5.32 Å². The summed E-state index contributed by atoms with van der Waals surface area (Å²) in [6, 6.07) is 5.57. The van der Waals surface area contributed by atoms with Crippen LogP contribution in [-0.4, -0.2) is 26.0 Å². The Morgan fingerprint density at radius 1 is 1.17 bits per heavy atom. The van der Waals surface area contributed by atoms with E-state index < -0.39 is 16.1 Å². The molecule has 0 radical (unpaired) electrons. The summed E-state index contributed by atoms with van der Waals surface area (Å²) < 4.78 is 26.1. The highest BCUT2D eigenvalue weighted by atomic mass is 32.2. The van der Waals surface area contributed by atoms with Gasteiger partial charge in [0.2, 0.25) is 0 Å². The molecule has 1 aromatic heterocycles. The highest BCUT2D eigenvalue weighted by Crippen LogP contribution is 2.17. The van der Waals surface area contributed by atoms with E-state index in [2.05, 4.69) is 10.3 Å². The zero-order valence-electron chi connectivity index (χ0n) is 13.2. The fourth-order valence-electron chi connectivity index (χ4n) is 2.03. The first-order valence-corrected chi connectivity index (χ1v) is 9.38. The van der Waals surface area contributed by atoms with Gasteiger partial charge in [-0.25, -0.2) is 22.9 Å². The molecular weight excluding hydrogens is 334 g/mol. The van der Waals surface area contributed by atoms with E-state index in [1.165, 1.54) is 12.1 Å². The molecule has 8 heteroatoms. The minimum atomic E-state index is -3.85. The van der Waals surface area contributed by atoms with Crippen LogP contribution in [0.3, 0.4) is 0 Å². The minimum absolute atomic E-state index is 0.0622. The van der Waals surface area contributed by atoms with E-state index in [4.69, 9.17) is 0 Å². The first-order chi connectivity index (χ1) is 10.8. The number of benzene rings is 1. The van der Waals surface area contributed by atoms with Crippen LogP contribution in [0.1, 0.15) is 21.1 Å². The average Bonchev–Trinajstić information content (AvgIpc) is 2.77. The predicted molar refractivity (Wildman–Crippen MR) is 90.2 cm³/mol. The van der Waals surface area contributed by atoms with Crippen molar-refractivity contribution < 1.29 is 13.2 Å². The molecule has 0 saturated carbocycles. The summed E-state index contributed by atoms with van der Waals surface area (Å²) in [5.41, 5.74) is 1.89. The molecule has 0 aliphatic carbocycles. The molecule has 2 rings (SSSR count). The van der Waals surface area contributed by atoms with Gasteiger partial charge in [0.05, 0.1) is 15.6 Å². The summed E-state index contributed by atoms with van der Waals surface area (Å²) in [6.45, 7) is 6.05. The molecule has 124 valence electrons. The Kier molecular flexibility index (Phi) is 5.38. The highest BCUT2D eigenvalue weighted by Gasteiger charge is 2.17. The predicted octanol–water partition coefficient (Wildman–Crippen LogP) is 2.30. The van der Waals surface area contributed by atoms with Gasteiger partial charge in [0.25, 0.3) is 10.0 Å². The van der Waals surface area contributed by atoms with Gasteiger partial charge in [-0.05, 0) is 32.9 Å². The highest BCUT2D eigenvalue weighted by molar-refractivity contribution is 7.90. The Bertz CT molecular complexity index is 796. The van der Waals surface area contributed by atoms with Crippen LogP contribution in [0, 0.1) is 20.8 Å². The molecule has 0 bridgehead atoms. The van der Waals surface area contributed by atoms with E-state index in [9.17, 15) is 13.2 Å². The van der Waals surface area contributed by atoms with E-state index in [1.807, 2.05) is 25.5 Å². The number of aromatic nitrogens is 1. The number of carbonyl (C=O) groups is 1. The number of thiazole rings is 1.